The molecule has 86 valence electrons. The third kappa shape index (κ3) is 2.30. The smallest absolute Gasteiger partial charge is 0.254 e. The second-order valence-electron chi connectivity index (χ2n) is 4.28. The lowest BCUT2D eigenvalue weighted by molar-refractivity contribution is 0.0827. The fourth-order valence-electron chi connectivity index (χ4n) is 1.43. The Morgan fingerprint density at radius 3 is 2.69 bits per heavy atom. The van der Waals surface area contributed by atoms with Crippen LogP contribution in [0.2, 0.25) is 0 Å². The zero-order valence-electron chi connectivity index (χ0n) is 9.47. The summed E-state index contributed by atoms with van der Waals surface area (Å²) < 4.78 is 0. The summed E-state index contributed by atoms with van der Waals surface area (Å²) in [6.07, 6.45) is 2.57. The first-order valence-electron chi connectivity index (χ1n) is 5.28. The van der Waals surface area contributed by atoms with Crippen molar-refractivity contribution in [3.63, 3.8) is 0 Å². The number of aromatic nitrogens is 1. The summed E-state index contributed by atoms with van der Waals surface area (Å²) in [7, 11) is 3.44. The van der Waals surface area contributed by atoms with Crippen LogP contribution >= 0.6 is 0 Å². The van der Waals surface area contributed by atoms with Crippen molar-refractivity contribution in [2.24, 2.45) is 5.73 Å². The highest BCUT2D eigenvalue weighted by Crippen LogP contribution is 2.22. The summed E-state index contributed by atoms with van der Waals surface area (Å²) in [6, 6.07) is 4.15. The van der Waals surface area contributed by atoms with Gasteiger partial charge in [0.2, 0.25) is 0 Å². The molecule has 1 heterocycles. The SMILES string of the molecule is CN(C)C(=O)c1ccc(NC2CC2N)nc1. The van der Waals surface area contributed by atoms with E-state index in [-0.39, 0.29) is 11.9 Å². The number of hydrogen-bond donors (Lipinski definition) is 2. The van der Waals surface area contributed by atoms with E-state index in [0.717, 1.165) is 12.2 Å². The average molecular weight is 220 g/mol. The van der Waals surface area contributed by atoms with E-state index in [0.29, 0.717) is 11.6 Å². The van der Waals surface area contributed by atoms with Gasteiger partial charge in [-0.05, 0) is 18.6 Å². The van der Waals surface area contributed by atoms with Crippen LogP contribution in [0, 0.1) is 0 Å². The second-order valence-corrected chi connectivity index (χ2v) is 4.28. The van der Waals surface area contributed by atoms with Gasteiger partial charge in [0, 0.05) is 32.4 Å². The topological polar surface area (TPSA) is 71.2 Å². The Hall–Kier alpha value is -1.62. The molecule has 0 aromatic carbocycles. The number of carbonyl (C=O) groups excluding carboxylic acids is 1. The van der Waals surface area contributed by atoms with Gasteiger partial charge in [0.25, 0.3) is 5.91 Å². The minimum absolute atomic E-state index is 0.0397. The molecule has 2 atom stereocenters. The lowest BCUT2D eigenvalue weighted by Gasteiger charge is -2.10. The predicted molar refractivity (Wildman–Crippen MR) is 62.3 cm³/mol. The molecule has 16 heavy (non-hydrogen) atoms. The van der Waals surface area contributed by atoms with Crippen molar-refractivity contribution in [3.05, 3.63) is 23.9 Å². The van der Waals surface area contributed by atoms with Crippen LogP contribution in [0.5, 0.6) is 0 Å². The third-order valence-electron chi connectivity index (χ3n) is 2.59. The first kappa shape index (κ1) is 10.9. The molecule has 2 unspecified atom stereocenters. The van der Waals surface area contributed by atoms with Crippen LogP contribution in [0.4, 0.5) is 5.82 Å². The van der Waals surface area contributed by atoms with Crippen molar-refractivity contribution in [1.29, 1.82) is 0 Å². The molecule has 0 aliphatic heterocycles. The summed E-state index contributed by atoms with van der Waals surface area (Å²) in [5.74, 6) is 0.732. The maximum atomic E-state index is 11.6. The van der Waals surface area contributed by atoms with Gasteiger partial charge in [-0.3, -0.25) is 4.79 Å². The van der Waals surface area contributed by atoms with Crippen molar-refractivity contribution in [3.8, 4) is 0 Å². The van der Waals surface area contributed by atoms with Crippen LogP contribution in [0.15, 0.2) is 18.3 Å². The van der Waals surface area contributed by atoms with Gasteiger partial charge < -0.3 is 16.0 Å². The molecule has 0 saturated heterocycles. The largest absolute Gasteiger partial charge is 0.366 e. The van der Waals surface area contributed by atoms with Gasteiger partial charge in [-0.2, -0.15) is 0 Å². The third-order valence-corrected chi connectivity index (χ3v) is 2.59. The van der Waals surface area contributed by atoms with E-state index in [1.807, 2.05) is 6.07 Å². The van der Waals surface area contributed by atoms with E-state index in [4.69, 9.17) is 5.73 Å². The van der Waals surface area contributed by atoms with Crippen molar-refractivity contribution >= 4 is 11.7 Å². The average Bonchev–Trinajstić information content (AvgIpc) is 2.94. The van der Waals surface area contributed by atoms with Crippen LogP contribution in [-0.4, -0.2) is 42.0 Å². The summed E-state index contributed by atoms with van der Waals surface area (Å²) in [6.45, 7) is 0. The van der Waals surface area contributed by atoms with Gasteiger partial charge >= 0.3 is 0 Å². The molecule has 1 saturated carbocycles. The van der Waals surface area contributed by atoms with Crippen LogP contribution in [0.25, 0.3) is 0 Å². The molecule has 1 aromatic heterocycles. The molecule has 1 fully saturated rings. The zero-order valence-corrected chi connectivity index (χ0v) is 9.47. The van der Waals surface area contributed by atoms with E-state index >= 15 is 0 Å². The number of nitrogens with zero attached hydrogens (tertiary/aromatic N) is 2. The highest BCUT2D eigenvalue weighted by Gasteiger charge is 2.33. The fourth-order valence-corrected chi connectivity index (χ4v) is 1.43. The molecule has 1 aromatic rings. The van der Waals surface area contributed by atoms with Gasteiger partial charge in [0.1, 0.15) is 5.82 Å². The maximum Gasteiger partial charge on any atom is 0.254 e. The number of rotatable bonds is 3. The van der Waals surface area contributed by atoms with Crippen molar-refractivity contribution < 1.29 is 4.79 Å². The van der Waals surface area contributed by atoms with Gasteiger partial charge in [-0.1, -0.05) is 0 Å². The maximum absolute atomic E-state index is 11.6. The molecule has 1 amide bonds. The molecule has 0 bridgehead atoms. The molecule has 5 heteroatoms. The summed E-state index contributed by atoms with van der Waals surface area (Å²) >= 11 is 0. The predicted octanol–water partition coefficient (Wildman–Crippen LogP) is 0.295. The molecule has 2 rings (SSSR count). The summed E-state index contributed by atoms with van der Waals surface area (Å²) in [5.41, 5.74) is 6.27. The normalized spacial score (nSPS) is 22.7. The van der Waals surface area contributed by atoms with E-state index in [9.17, 15) is 4.79 Å². The van der Waals surface area contributed by atoms with Crippen molar-refractivity contribution in [2.75, 3.05) is 19.4 Å². The number of anilines is 1. The minimum Gasteiger partial charge on any atom is -0.366 e. The van der Waals surface area contributed by atoms with Gasteiger partial charge in [-0.25, -0.2) is 4.98 Å². The molecule has 3 N–H and O–H groups in total. The van der Waals surface area contributed by atoms with Crippen molar-refractivity contribution in [2.45, 2.75) is 18.5 Å². The van der Waals surface area contributed by atoms with Crippen LogP contribution in [-0.2, 0) is 0 Å². The Morgan fingerprint density at radius 2 is 2.25 bits per heavy atom. The molecule has 1 aliphatic carbocycles. The van der Waals surface area contributed by atoms with E-state index in [1.165, 1.54) is 4.90 Å². The lowest BCUT2D eigenvalue weighted by atomic mass is 10.2. The highest BCUT2D eigenvalue weighted by molar-refractivity contribution is 5.93. The van der Waals surface area contributed by atoms with Crippen LogP contribution < -0.4 is 11.1 Å². The zero-order chi connectivity index (χ0) is 11.7. The molecule has 5 nitrogen and oxygen atoms in total. The fraction of sp³-hybridized carbons (Fsp3) is 0.455. The first-order chi connectivity index (χ1) is 7.58. The number of hydrogen-bond acceptors (Lipinski definition) is 4. The summed E-state index contributed by atoms with van der Waals surface area (Å²) in [5, 5.41) is 3.20. The Kier molecular flexibility index (Phi) is 2.78. The Labute approximate surface area is 94.6 Å². The first-order valence-corrected chi connectivity index (χ1v) is 5.28. The lowest BCUT2D eigenvalue weighted by Crippen LogP contribution is -2.22. The van der Waals surface area contributed by atoms with E-state index in [1.54, 1.807) is 26.4 Å². The second kappa shape index (κ2) is 4.09. The standard InChI is InChI=1S/C11H16N4O/c1-15(2)11(16)7-3-4-10(13-6-7)14-9-5-8(9)12/h3-4,6,8-9H,5,12H2,1-2H3,(H,13,14). The number of pyridine rings is 1. The Bertz CT molecular complexity index is 387. The molecule has 0 radical (unpaired) electrons. The van der Waals surface area contributed by atoms with Gasteiger partial charge in [0.15, 0.2) is 0 Å². The van der Waals surface area contributed by atoms with Gasteiger partial charge in [-0.15, -0.1) is 0 Å². The van der Waals surface area contributed by atoms with Crippen molar-refractivity contribution in [1.82, 2.24) is 9.88 Å². The summed E-state index contributed by atoms with van der Waals surface area (Å²) in [4.78, 5) is 17.3. The molecular weight excluding hydrogens is 204 g/mol. The monoisotopic (exact) mass is 220 g/mol. The minimum atomic E-state index is -0.0397. The van der Waals surface area contributed by atoms with Crippen LogP contribution in [0.3, 0.4) is 0 Å². The quantitative estimate of drug-likeness (QED) is 0.768. The number of carbonyl (C=O) groups is 1. The highest BCUT2D eigenvalue weighted by atomic mass is 16.2. The molecule has 1 aliphatic rings. The number of amides is 1. The molecular formula is C11H16N4O. The Morgan fingerprint density at radius 1 is 1.56 bits per heavy atom. The van der Waals surface area contributed by atoms with E-state index < -0.39 is 0 Å². The number of nitrogens with one attached hydrogen (secondary N) is 1. The van der Waals surface area contributed by atoms with Gasteiger partial charge in [0.05, 0.1) is 5.56 Å². The molecule has 0 spiro atoms. The number of nitrogens with two attached hydrogens (primary N) is 1. The van der Waals surface area contributed by atoms with Crippen LogP contribution in [0.1, 0.15) is 16.8 Å². The Balaban J connectivity index is 2.01. The van der Waals surface area contributed by atoms with E-state index in [2.05, 4.69) is 10.3 Å².